The first-order chi connectivity index (χ1) is 9.71. The molecule has 0 spiro atoms. The van der Waals surface area contributed by atoms with E-state index in [2.05, 4.69) is 18.0 Å². The minimum absolute atomic E-state index is 0.582. The van der Waals surface area contributed by atoms with Crippen LogP contribution in [0, 0.1) is 6.92 Å². The number of carbonyl (C=O) groups is 1. The molecule has 102 valence electrons. The number of rotatable bonds is 4. The first-order valence-corrected chi connectivity index (χ1v) is 7.07. The maximum Gasteiger partial charge on any atom is 0.194 e. The van der Waals surface area contributed by atoms with Crippen LogP contribution in [0.3, 0.4) is 0 Å². The third-order valence-corrected chi connectivity index (χ3v) is 4.20. The molecule has 3 aromatic rings. The highest BCUT2D eigenvalue weighted by Gasteiger charge is 2.10. The van der Waals surface area contributed by atoms with Gasteiger partial charge in [0, 0.05) is 17.5 Å². The number of nitrogens with zero attached hydrogens (tertiary/aromatic N) is 2. The zero-order chi connectivity index (χ0) is 14.1. The van der Waals surface area contributed by atoms with Crippen LogP contribution in [-0.4, -0.2) is 22.8 Å². The van der Waals surface area contributed by atoms with Crippen molar-refractivity contribution in [1.82, 2.24) is 9.38 Å². The number of hydrogen-bond acceptors (Lipinski definition) is 4. The monoisotopic (exact) mass is 286 g/mol. The number of fused-ring (bicyclic) bond motifs is 1. The number of carbonyl (C=O) groups excluding carboxylic acids is 1. The Balaban J connectivity index is 1.98. The van der Waals surface area contributed by atoms with Crippen molar-refractivity contribution in [2.45, 2.75) is 13.3 Å². The van der Waals surface area contributed by atoms with E-state index >= 15 is 0 Å². The Morgan fingerprint density at radius 1 is 1.45 bits per heavy atom. The van der Waals surface area contributed by atoms with Crippen LogP contribution < -0.4 is 4.74 Å². The molecule has 4 nitrogen and oxygen atoms in total. The predicted molar refractivity (Wildman–Crippen MR) is 79.0 cm³/mol. The molecular weight excluding hydrogens is 272 g/mol. The maximum atomic E-state index is 10.9. The molecule has 0 aliphatic rings. The van der Waals surface area contributed by atoms with E-state index in [4.69, 9.17) is 4.74 Å². The van der Waals surface area contributed by atoms with Crippen LogP contribution in [-0.2, 0) is 6.42 Å². The van der Waals surface area contributed by atoms with Gasteiger partial charge in [-0.2, -0.15) is 0 Å². The number of methoxy groups -OCH3 is 1. The fourth-order valence-electron chi connectivity index (χ4n) is 2.25. The van der Waals surface area contributed by atoms with Gasteiger partial charge in [0.05, 0.1) is 13.3 Å². The quantitative estimate of drug-likeness (QED) is 0.692. The van der Waals surface area contributed by atoms with Crippen LogP contribution in [0.25, 0.3) is 4.96 Å². The molecule has 5 heteroatoms. The molecule has 2 heterocycles. The Morgan fingerprint density at radius 2 is 2.30 bits per heavy atom. The molecule has 0 saturated heterocycles. The zero-order valence-corrected chi connectivity index (χ0v) is 12.1. The fraction of sp³-hybridized carbons (Fsp3) is 0.200. The summed E-state index contributed by atoms with van der Waals surface area (Å²) in [5, 5.41) is 0. The van der Waals surface area contributed by atoms with Gasteiger partial charge in [-0.05, 0) is 18.6 Å². The number of aromatic nitrogens is 2. The minimum atomic E-state index is 0.582. The lowest BCUT2D eigenvalue weighted by atomic mass is 10.1. The van der Waals surface area contributed by atoms with Crippen molar-refractivity contribution in [2.75, 3.05) is 7.11 Å². The zero-order valence-electron chi connectivity index (χ0n) is 11.3. The van der Waals surface area contributed by atoms with Crippen LogP contribution in [0.5, 0.6) is 5.75 Å². The highest BCUT2D eigenvalue weighted by molar-refractivity contribution is 7.17. The van der Waals surface area contributed by atoms with E-state index in [0.717, 1.165) is 33.9 Å². The standard InChI is InChI=1S/C15H14N2O2S/c1-10-3-4-14(19-2)11(5-10)6-13-8-17-12(9-18)7-16-15(17)20-13/h3-5,7-9H,6H2,1-2H3. The van der Waals surface area contributed by atoms with Crippen LogP contribution in [0.2, 0.25) is 0 Å². The van der Waals surface area contributed by atoms with Gasteiger partial charge in [0.1, 0.15) is 11.4 Å². The number of thiazole rings is 1. The smallest absolute Gasteiger partial charge is 0.194 e. The lowest BCUT2D eigenvalue weighted by Crippen LogP contribution is -1.93. The molecule has 20 heavy (non-hydrogen) atoms. The van der Waals surface area contributed by atoms with Gasteiger partial charge in [0.25, 0.3) is 0 Å². The number of aldehydes is 1. The van der Waals surface area contributed by atoms with Crippen molar-refractivity contribution in [3.63, 3.8) is 0 Å². The lowest BCUT2D eigenvalue weighted by molar-refractivity contribution is 0.111. The maximum absolute atomic E-state index is 10.9. The van der Waals surface area contributed by atoms with Crippen LogP contribution in [0.15, 0.2) is 30.6 Å². The van der Waals surface area contributed by atoms with Crippen molar-refractivity contribution in [1.29, 1.82) is 0 Å². The molecule has 0 unspecified atom stereocenters. The third kappa shape index (κ3) is 2.20. The van der Waals surface area contributed by atoms with Crippen molar-refractivity contribution in [3.05, 3.63) is 52.3 Å². The molecule has 1 aromatic carbocycles. The Labute approximate surface area is 120 Å². The number of hydrogen-bond donors (Lipinski definition) is 0. The molecule has 0 N–H and O–H groups in total. The number of aryl methyl sites for hydroxylation is 1. The first-order valence-electron chi connectivity index (χ1n) is 6.25. The second kappa shape index (κ2) is 5.09. The summed E-state index contributed by atoms with van der Waals surface area (Å²) in [6.45, 7) is 2.06. The van der Waals surface area contributed by atoms with E-state index in [-0.39, 0.29) is 0 Å². The molecule has 3 rings (SSSR count). The Morgan fingerprint density at radius 3 is 3.05 bits per heavy atom. The minimum Gasteiger partial charge on any atom is -0.496 e. The summed E-state index contributed by atoms with van der Waals surface area (Å²) >= 11 is 1.59. The second-order valence-corrected chi connectivity index (χ2v) is 5.74. The van der Waals surface area contributed by atoms with Crippen LogP contribution in [0.1, 0.15) is 26.5 Å². The van der Waals surface area contributed by atoms with Gasteiger partial charge in [0.15, 0.2) is 11.2 Å². The average Bonchev–Trinajstić information content (AvgIpc) is 2.98. The van der Waals surface area contributed by atoms with Gasteiger partial charge in [-0.25, -0.2) is 4.98 Å². The lowest BCUT2D eigenvalue weighted by Gasteiger charge is -2.08. The molecule has 0 aliphatic carbocycles. The van der Waals surface area contributed by atoms with E-state index in [1.54, 1.807) is 24.6 Å². The molecule has 0 fully saturated rings. The Bertz CT molecular complexity index is 773. The van der Waals surface area contributed by atoms with E-state index in [9.17, 15) is 4.79 Å². The van der Waals surface area contributed by atoms with Crippen molar-refractivity contribution < 1.29 is 9.53 Å². The van der Waals surface area contributed by atoms with Gasteiger partial charge >= 0.3 is 0 Å². The molecule has 0 atom stereocenters. The topological polar surface area (TPSA) is 43.6 Å². The first kappa shape index (κ1) is 12.9. The van der Waals surface area contributed by atoms with Crippen LogP contribution >= 0.6 is 11.3 Å². The Kier molecular flexibility index (Phi) is 3.28. The number of benzene rings is 1. The third-order valence-electron chi connectivity index (χ3n) is 3.21. The van der Waals surface area contributed by atoms with Crippen molar-refractivity contribution in [3.8, 4) is 5.75 Å². The molecule has 0 radical (unpaired) electrons. The largest absolute Gasteiger partial charge is 0.496 e. The van der Waals surface area contributed by atoms with E-state index in [1.807, 2.05) is 22.7 Å². The molecule has 0 amide bonds. The van der Waals surface area contributed by atoms with Gasteiger partial charge < -0.3 is 4.74 Å². The van der Waals surface area contributed by atoms with E-state index in [0.29, 0.717) is 5.69 Å². The van der Waals surface area contributed by atoms with Gasteiger partial charge in [-0.1, -0.05) is 17.7 Å². The molecular formula is C15H14N2O2S. The summed E-state index contributed by atoms with van der Waals surface area (Å²) in [4.78, 5) is 17.1. The summed E-state index contributed by atoms with van der Waals surface area (Å²) < 4.78 is 7.23. The summed E-state index contributed by atoms with van der Waals surface area (Å²) in [6, 6.07) is 6.15. The Hall–Kier alpha value is -2.14. The van der Waals surface area contributed by atoms with Crippen LogP contribution in [0.4, 0.5) is 0 Å². The highest BCUT2D eigenvalue weighted by Crippen LogP contribution is 2.26. The second-order valence-electron chi connectivity index (χ2n) is 4.64. The van der Waals surface area contributed by atoms with Crippen molar-refractivity contribution in [2.24, 2.45) is 0 Å². The van der Waals surface area contributed by atoms with Gasteiger partial charge in [-0.3, -0.25) is 9.20 Å². The highest BCUT2D eigenvalue weighted by atomic mass is 32.1. The summed E-state index contributed by atoms with van der Waals surface area (Å²) in [5.41, 5.74) is 2.93. The summed E-state index contributed by atoms with van der Waals surface area (Å²) in [5.74, 6) is 0.886. The molecule has 0 bridgehead atoms. The van der Waals surface area contributed by atoms with E-state index < -0.39 is 0 Å². The molecule has 2 aromatic heterocycles. The predicted octanol–water partition coefficient (Wildman–Crippen LogP) is 3.12. The number of ether oxygens (including phenoxy) is 1. The average molecular weight is 286 g/mol. The number of imidazole rings is 1. The van der Waals surface area contributed by atoms with Gasteiger partial charge in [0.2, 0.25) is 0 Å². The molecule has 0 saturated carbocycles. The SMILES string of the molecule is COc1ccc(C)cc1Cc1cn2c(C=O)cnc2s1. The fourth-order valence-corrected chi connectivity index (χ4v) is 3.23. The molecule has 0 aliphatic heterocycles. The van der Waals surface area contributed by atoms with E-state index in [1.165, 1.54) is 5.56 Å². The van der Waals surface area contributed by atoms with Crippen molar-refractivity contribution >= 4 is 22.6 Å². The normalized spacial score (nSPS) is 10.9. The summed E-state index contributed by atoms with van der Waals surface area (Å²) in [7, 11) is 1.68. The summed E-state index contributed by atoms with van der Waals surface area (Å²) in [6.07, 6.45) is 5.16. The van der Waals surface area contributed by atoms with Gasteiger partial charge in [-0.15, -0.1) is 11.3 Å².